The van der Waals surface area contributed by atoms with Crippen molar-refractivity contribution < 1.29 is 24.5 Å². The Hall–Kier alpha value is -1.46. The van der Waals surface area contributed by atoms with Crippen LogP contribution in [0.1, 0.15) is 90.9 Å². The molecule has 1 aliphatic rings. The van der Waals surface area contributed by atoms with Gasteiger partial charge in [0.05, 0.1) is 11.7 Å². The molecule has 1 rings (SSSR count). The van der Waals surface area contributed by atoms with Crippen LogP contribution in [-0.2, 0) is 14.3 Å². The number of aliphatic hydroxyl groups is 2. The van der Waals surface area contributed by atoms with Crippen LogP contribution in [0.5, 0.6) is 0 Å². The largest absolute Gasteiger partial charge is 0.458 e. The van der Waals surface area contributed by atoms with E-state index in [4.69, 9.17) is 4.74 Å². The second-order valence-corrected chi connectivity index (χ2v) is 8.79. The van der Waals surface area contributed by atoms with Crippen molar-refractivity contribution in [2.45, 2.75) is 103 Å². The molecule has 4 atom stereocenters. The van der Waals surface area contributed by atoms with Gasteiger partial charge in [-0.15, -0.1) is 6.58 Å². The van der Waals surface area contributed by atoms with Crippen molar-refractivity contribution in [1.82, 2.24) is 0 Å². The van der Waals surface area contributed by atoms with E-state index in [1.807, 2.05) is 0 Å². The third-order valence-corrected chi connectivity index (χ3v) is 6.22. The Morgan fingerprint density at radius 2 is 1.90 bits per heavy atom. The number of Topliss-reactive ketones (excluding diaryl/α,β-unsaturated/α-hetero) is 1. The van der Waals surface area contributed by atoms with Crippen molar-refractivity contribution in [2.75, 3.05) is 6.61 Å². The van der Waals surface area contributed by atoms with Crippen LogP contribution in [0.4, 0.5) is 0 Å². The van der Waals surface area contributed by atoms with E-state index in [-0.39, 0.29) is 24.4 Å². The first-order chi connectivity index (χ1) is 14.3. The third kappa shape index (κ3) is 10.5. The van der Waals surface area contributed by atoms with Crippen LogP contribution >= 0.6 is 0 Å². The highest BCUT2D eigenvalue weighted by atomic mass is 16.5. The van der Waals surface area contributed by atoms with Crippen LogP contribution in [0.3, 0.4) is 0 Å². The number of carbonyl (C=O) groups is 2. The van der Waals surface area contributed by atoms with Gasteiger partial charge in [-0.3, -0.25) is 9.59 Å². The number of allylic oxidation sites excluding steroid dienone is 1. The predicted octanol–water partition coefficient (Wildman–Crippen LogP) is 4.90. The average molecular weight is 423 g/mol. The molecule has 0 aromatic carbocycles. The van der Waals surface area contributed by atoms with Crippen LogP contribution in [-0.4, -0.2) is 40.3 Å². The molecule has 5 heteroatoms. The zero-order valence-electron chi connectivity index (χ0n) is 19.0. The van der Waals surface area contributed by atoms with Gasteiger partial charge >= 0.3 is 5.97 Å². The highest BCUT2D eigenvalue weighted by molar-refractivity contribution is 5.81. The molecule has 0 heterocycles. The molecule has 0 amide bonds. The minimum Gasteiger partial charge on any atom is -0.458 e. The molecular formula is C25H42O5. The van der Waals surface area contributed by atoms with E-state index < -0.39 is 11.6 Å². The first-order valence-electron chi connectivity index (χ1n) is 11.7. The Balaban J connectivity index is 2.31. The molecule has 0 bridgehead atoms. The lowest BCUT2D eigenvalue weighted by molar-refractivity contribution is -0.145. The molecule has 5 nitrogen and oxygen atoms in total. The summed E-state index contributed by atoms with van der Waals surface area (Å²) >= 11 is 0. The molecule has 1 fully saturated rings. The van der Waals surface area contributed by atoms with Crippen LogP contribution in [0.25, 0.3) is 0 Å². The summed E-state index contributed by atoms with van der Waals surface area (Å²) in [6.45, 7) is 7.10. The maximum Gasteiger partial charge on any atom is 0.303 e. The molecule has 1 saturated carbocycles. The number of aliphatic hydroxyl groups excluding tert-OH is 1. The van der Waals surface area contributed by atoms with Crippen molar-refractivity contribution in [3.8, 4) is 0 Å². The Morgan fingerprint density at radius 1 is 1.17 bits per heavy atom. The van der Waals surface area contributed by atoms with Gasteiger partial charge in [0.1, 0.15) is 6.61 Å². The highest BCUT2D eigenvalue weighted by Gasteiger charge is 2.32. The summed E-state index contributed by atoms with van der Waals surface area (Å²) in [6.07, 6.45) is 16.2. The number of ether oxygens (including phenoxy) is 1. The molecule has 0 aromatic heterocycles. The van der Waals surface area contributed by atoms with Gasteiger partial charge < -0.3 is 14.9 Å². The van der Waals surface area contributed by atoms with Crippen LogP contribution in [0, 0.1) is 11.8 Å². The van der Waals surface area contributed by atoms with Gasteiger partial charge in [-0.25, -0.2) is 0 Å². The van der Waals surface area contributed by atoms with Crippen molar-refractivity contribution in [1.29, 1.82) is 0 Å². The highest BCUT2D eigenvalue weighted by Crippen LogP contribution is 2.37. The van der Waals surface area contributed by atoms with Gasteiger partial charge in [0.15, 0.2) is 5.78 Å². The van der Waals surface area contributed by atoms with Gasteiger partial charge in [0.25, 0.3) is 0 Å². The maximum atomic E-state index is 11.6. The Kier molecular flexibility index (Phi) is 12.9. The van der Waals surface area contributed by atoms with Gasteiger partial charge in [-0.2, -0.15) is 0 Å². The van der Waals surface area contributed by atoms with E-state index in [0.717, 1.165) is 64.2 Å². The summed E-state index contributed by atoms with van der Waals surface area (Å²) < 4.78 is 4.71. The lowest BCUT2D eigenvalue weighted by atomic mass is 9.87. The van der Waals surface area contributed by atoms with Gasteiger partial charge in [0.2, 0.25) is 0 Å². The zero-order valence-corrected chi connectivity index (χ0v) is 19.0. The summed E-state index contributed by atoms with van der Waals surface area (Å²) in [5, 5.41) is 21.0. The van der Waals surface area contributed by atoms with E-state index in [0.29, 0.717) is 18.8 Å². The topological polar surface area (TPSA) is 83.8 Å². The zero-order chi connectivity index (χ0) is 22.4. The molecule has 0 aliphatic heterocycles. The normalized spacial score (nSPS) is 23.4. The second-order valence-electron chi connectivity index (χ2n) is 8.79. The van der Waals surface area contributed by atoms with E-state index in [9.17, 15) is 19.8 Å². The Bertz CT molecular complexity index is 556. The lowest BCUT2D eigenvalue weighted by Gasteiger charge is -2.23. The SMILES string of the molecule is C=CC(O)(CC=C[C@H]1CC[C@H](O)[C@@H]1CCCCCCC(=O)COC(C)=O)CCCC. The van der Waals surface area contributed by atoms with Gasteiger partial charge in [-0.1, -0.05) is 57.3 Å². The Morgan fingerprint density at radius 3 is 2.57 bits per heavy atom. The maximum absolute atomic E-state index is 11.6. The average Bonchev–Trinajstić information content (AvgIpc) is 3.07. The second kappa shape index (κ2) is 14.5. The fourth-order valence-corrected chi connectivity index (χ4v) is 4.25. The number of hydrogen-bond donors (Lipinski definition) is 2. The monoisotopic (exact) mass is 422 g/mol. The summed E-state index contributed by atoms with van der Waals surface area (Å²) in [5.74, 6) is 0.196. The first kappa shape index (κ1) is 26.6. The van der Waals surface area contributed by atoms with Crippen LogP contribution < -0.4 is 0 Å². The Labute approximate surface area is 182 Å². The van der Waals surface area contributed by atoms with E-state index in [1.54, 1.807) is 6.08 Å². The molecule has 2 N–H and O–H groups in total. The van der Waals surface area contributed by atoms with Crippen LogP contribution in [0.15, 0.2) is 24.8 Å². The summed E-state index contributed by atoms with van der Waals surface area (Å²) in [4.78, 5) is 22.3. The fraction of sp³-hybridized carbons (Fsp3) is 0.760. The molecule has 1 aliphatic carbocycles. The van der Waals surface area contributed by atoms with E-state index in [1.165, 1.54) is 6.92 Å². The van der Waals surface area contributed by atoms with Crippen molar-refractivity contribution >= 4 is 11.8 Å². The number of carbonyl (C=O) groups excluding carboxylic acids is 2. The van der Waals surface area contributed by atoms with Gasteiger partial charge in [-0.05, 0) is 50.4 Å². The summed E-state index contributed by atoms with van der Waals surface area (Å²) in [5.41, 5.74) is -0.827. The summed E-state index contributed by atoms with van der Waals surface area (Å²) in [6, 6.07) is 0. The van der Waals surface area contributed by atoms with Crippen molar-refractivity contribution in [3.05, 3.63) is 24.8 Å². The first-order valence-corrected chi connectivity index (χ1v) is 11.7. The molecule has 0 spiro atoms. The molecular weight excluding hydrogens is 380 g/mol. The number of hydrogen-bond acceptors (Lipinski definition) is 5. The summed E-state index contributed by atoms with van der Waals surface area (Å²) in [7, 11) is 0. The van der Waals surface area contributed by atoms with Crippen molar-refractivity contribution in [2.24, 2.45) is 11.8 Å². The minimum atomic E-state index is -0.827. The quantitative estimate of drug-likeness (QED) is 0.210. The molecule has 1 unspecified atom stereocenters. The predicted molar refractivity (Wildman–Crippen MR) is 120 cm³/mol. The molecule has 30 heavy (non-hydrogen) atoms. The van der Waals surface area contributed by atoms with Crippen molar-refractivity contribution in [3.63, 3.8) is 0 Å². The molecule has 0 aromatic rings. The smallest absolute Gasteiger partial charge is 0.303 e. The van der Waals surface area contributed by atoms with Gasteiger partial charge in [0, 0.05) is 13.3 Å². The minimum absolute atomic E-state index is 0.0277. The number of rotatable bonds is 16. The van der Waals surface area contributed by atoms with Crippen LogP contribution in [0.2, 0.25) is 0 Å². The molecule has 172 valence electrons. The van der Waals surface area contributed by atoms with E-state index >= 15 is 0 Å². The number of esters is 1. The standard InChI is InChI=1S/C25H42O5/c1-4-6-17-25(29,5-2)18-11-12-21-15-16-24(28)23(21)14-10-8-7-9-13-22(27)19-30-20(3)26/h5,11-12,21,23-24,28-29H,2,4,6-10,13-19H2,1,3H3/t21-,23+,24-,25?/m0/s1. The fourth-order valence-electron chi connectivity index (χ4n) is 4.25. The molecule has 0 saturated heterocycles. The van der Waals surface area contributed by atoms with E-state index in [2.05, 4.69) is 25.7 Å². The number of unbranched alkanes of at least 4 members (excludes halogenated alkanes) is 4. The third-order valence-electron chi connectivity index (χ3n) is 6.22. The number of ketones is 1. The lowest BCUT2D eigenvalue weighted by Crippen LogP contribution is -2.24. The molecule has 0 radical (unpaired) electrons.